The highest BCUT2D eigenvalue weighted by Crippen LogP contribution is 2.39. The lowest BCUT2D eigenvalue weighted by atomic mass is 9.78. The number of alkyl halides is 3. The van der Waals surface area contributed by atoms with Gasteiger partial charge in [0.1, 0.15) is 23.2 Å². The number of hydrogen-bond donors (Lipinski definition) is 2. The largest absolute Gasteiger partial charge is 0.573 e. The van der Waals surface area contributed by atoms with Crippen molar-refractivity contribution in [3.8, 4) is 17.1 Å². The number of amides is 1. The van der Waals surface area contributed by atoms with Crippen LogP contribution in [0.2, 0.25) is 0 Å². The highest BCUT2D eigenvalue weighted by Gasteiger charge is 2.41. The van der Waals surface area contributed by atoms with Crippen LogP contribution < -0.4 is 20.3 Å². The van der Waals surface area contributed by atoms with Gasteiger partial charge in [-0.05, 0) is 36.5 Å². The van der Waals surface area contributed by atoms with E-state index in [0.29, 0.717) is 49.1 Å². The standard InChI is InChI=1S/C23H22F3N7O2/c24-23(25,26)35-16-3-7-28-17(10-16)30-18-11-19(32-21(31-18)15-2-1-6-27-13-15)33-8-4-22(5-9-33)12-20(34)29-14-22/h1-3,6-7,10-11,13H,4-5,8-9,12,14H2,(H,29,34)(H,28,30,31,32). The van der Waals surface area contributed by atoms with E-state index in [-0.39, 0.29) is 17.1 Å². The second-order valence-corrected chi connectivity index (χ2v) is 8.67. The molecule has 2 saturated heterocycles. The van der Waals surface area contributed by atoms with Gasteiger partial charge in [0.25, 0.3) is 0 Å². The van der Waals surface area contributed by atoms with E-state index in [1.807, 2.05) is 6.07 Å². The van der Waals surface area contributed by atoms with Gasteiger partial charge in [-0.15, -0.1) is 13.2 Å². The normalized spacial score (nSPS) is 17.3. The van der Waals surface area contributed by atoms with Crippen LogP contribution in [0.4, 0.5) is 30.6 Å². The molecule has 0 aromatic carbocycles. The van der Waals surface area contributed by atoms with Gasteiger partial charge in [0.05, 0.1) is 0 Å². The average Bonchev–Trinajstić information content (AvgIpc) is 3.18. The molecule has 2 aliphatic rings. The Morgan fingerprint density at radius 3 is 2.60 bits per heavy atom. The van der Waals surface area contributed by atoms with E-state index >= 15 is 0 Å². The Balaban J connectivity index is 1.42. The lowest BCUT2D eigenvalue weighted by Gasteiger charge is -2.38. The molecule has 1 amide bonds. The van der Waals surface area contributed by atoms with Crippen molar-refractivity contribution >= 4 is 23.4 Å². The quantitative estimate of drug-likeness (QED) is 0.564. The maximum Gasteiger partial charge on any atom is 0.573 e. The molecule has 1 spiro atoms. The van der Waals surface area contributed by atoms with Gasteiger partial charge in [0.15, 0.2) is 5.82 Å². The smallest absolute Gasteiger partial charge is 0.406 e. The SMILES string of the molecule is O=C1CC2(CCN(c3cc(Nc4cc(OC(F)(F)F)ccn4)nc(-c4cccnc4)n3)CC2)CN1. The summed E-state index contributed by atoms with van der Waals surface area (Å²) < 4.78 is 41.8. The second-order valence-electron chi connectivity index (χ2n) is 8.67. The van der Waals surface area contributed by atoms with E-state index in [9.17, 15) is 18.0 Å². The number of nitrogens with one attached hydrogen (secondary N) is 2. The molecule has 5 heterocycles. The van der Waals surface area contributed by atoms with Crippen molar-refractivity contribution in [1.29, 1.82) is 0 Å². The monoisotopic (exact) mass is 485 g/mol. The molecule has 182 valence electrons. The Hall–Kier alpha value is -3.96. The first-order valence-corrected chi connectivity index (χ1v) is 11.1. The third-order valence-corrected chi connectivity index (χ3v) is 6.20. The summed E-state index contributed by atoms with van der Waals surface area (Å²) in [5.41, 5.74) is 0.676. The van der Waals surface area contributed by atoms with E-state index in [1.54, 1.807) is 24.5 Å². The van der Waals surface area contributed by atoms with Crippen LogP contribution in [-0.2, 0) is 4.79 Å². The Morgan fingerprint density at radius 2 is 1.91 bits per heavy atom. The number of carbonyl (C=O) groups is 1. The third-order valence-electron chi connectivity index (χ3n) is 6.20. The molecule has 0 saturated carbocycles. The highest BCUT2D eigenvalue weighted by atomic mass is 19.4. The number of anilines is 3. The molecule has 3 aromatic rings. The Labute approximate surface area is 198 Å². The van der Waals surface area contributed by atoms with Crippen molar-refractivity contribution in [1.82, 2.24) is 25.3 Å². The van der Waals surface area contributed by atoms with Crippen LogP contribution in [0.3, 0.4) is 0 Å². The van der Waals surface area contributed by atoms with E-state index in [4.69, 9.17) is 4.98 Å². The zero-order valence-electron chi connectivity index (χ0n) is 18.5. The number of ether oxygens (including phenoxy) is 1. The summed E-state index contributed by atoms with van der Waals surface area (Å²) >= 11 is 0. The number of nitrogens with zero attached hydrogens (tertiary/aromatic N) is 5. The van der Waals surface area contributed by atoms with Crippen molar-refractivity contribution in [3.63, 3.8) is 0 Å². The van der Waals surface area contributed by atoms with Crippen LogP contribution >= 0.6 is 0 Å². The topological polar surface area (TPSA) is 105 Å². The maximum atomic E-state index is 12.6. The third kappa shape index (κ3) is 5.42. The predicted molar refractivity (Wildman–Crippen MR) is 121 cm³/mol. The van der Waals surface area contributed by atoms with E-state index in [2.05, 4.69) is 35.2 Å². The molecule has 2 N–H and O–H groups in total. The average molecular weight is 485 g/mol. The lowest BCUT2D eigenvalue weighted by molar-refractivity contribution is -0.274. The minimum atomic E-state index is -4.81. The van der Waals surface area contributed by atoms with Crippen LogP contribution in [0.1, 0.15) is 19.3 Å². The summed E-state index contributed by atoms with van der Waals surface area (Å²) in [7, 11) is 0. The van der Waals surface area contributed by atoms with Crippen molar-refractivity contribution < 1.29 is 22.7 Å². The van der Waals surface area contributed by atoms with Crippen LogP contribution in [0.15, 0.2) is 48.9 Å². The summed E-state index contributed by atoms with van der Waals surface area (Å²) in [4.78, 5) is 31.3. The Kier molecular flexibility index (Phi) is 5.87. The van der Waals surface area contributed by atoms with Crippen molar-refractivity contribution in [3.05, 3.63) is 48.9 Å². The molecule has 2 aliphatic heterocycles. The zero-order chi connectivity index (χ0) is 24.5. The molecule has 12 heteroatoms. The molecule has 0 aliphatic carbocycles. The minimum Gasteiger partial charge on any atom is -0.406 e. The molecule has 0 atom stereocenters. The van der Waals surface area contributed by atoms with Crippen molar-refractivity contribution in [2.24, 2.45) is 5.41 Å². The fourth-order valence-electron chi connectivity index (χ4n) is 4.41. The number of halogens is 3. The maximum absolute atomic E-state index is 12.6. The van der Waals surface area contributed by atoms with Crippen LogP contribution in [0.25, 0.3) is 11.4 Å². The van der Waals surface area contributed by atoms with Gasteiger partial charge in [-0.3, -0.25) is 9.78 Å². The number of aromatic nitrogens is 4. The van der Waals surface area contributed by atoms with Gasteiger partial charge in [-0.1, -0.05) is 0 Å². The fraction of sp³-hybridized carbons (Fsp3) is 0.348. The highest BCUT2D eigenvalue weighted by molar-refractivity contribution is 5.79. The van der Waals surface area contributed by atoms with E-state index < -0.39 is 12.1 Å². The number of piperidine rings is 1. The molecule has 5 rings (SSSR count). The molecular formula is C23H22F3N7O2. The molecule has 35 heavy (non-hydrogen) atoms. The van der Waals surface area contributed by atoms with Gasteiger partial charge < -0.3 is 20.3 Å². The molecule has 0 bridgehead atoms. The summed E-state index contributed by atoms with van der Waals surface area (Å²) in [6.45, 7) is 2.12. The lowest BCUT2D eigenvalue weighted by Crippen LogP contribution is -2.41. The summed E-state index contributed by atoms with van der Waals surface area (Å²) in [5.74, 6) is 1.29. The molecule has 2 fully saturated rings. The van der Waals surface area contributed by atoms with Gasteiger partial charge in [-0.2, -0.15) is 0 Å². The molecular weight excluding hydrogens is 463 g/mol. The Bertz CT molecular complexity index is 1220. The van der Waals surface area contributed by atoms with Crippen LogP contribution in [0.5, 0.6) is 5.75 Å². The first kappa shape index (κ1) is 22.8. The van der Waals surface area contributed by atoms with Crippen LogP contribution in [-0.4, -0.2) is 51.8 Å². The van der Waals surface area contributed by atoms with Gasteiger partial charge in [0, 0.05) is 62.3 Å². The summed E-state index contributed by atoms with van der Waals surface area (Å²) in [6, 6.07) is 7.60. The van der Waals surface area contributed by atoms with Crippen molar-refractivity contribution in [2.75, 3.05) is 29.9 Å². The van der Waals surface area contributed by atoms with Gasteiger partial charge >= 0.3 is 6.36 Å². The molecule has 9 nitrogen and oxygen atoms in total. The fourth-order valence-corrected chi connectivity index (χ4v) is 4.41. The Morgan fingerprint density at radius 1 is 1.09 bits per heavy atom. The molecule has 3 aromatic heterocycles. The predicted octanol–water partition coefficient (Wildman–Crippen LogP) is 3.68. The van der Waals surface area contributed by atoms with Crippen LogP contribution in [0, 0.1) is 5.41 Å². The number of carbonyl (C=O) groups excluding carboxylic acids is 1. The summed E-state index contributed by atoms with van der Waals surface area (Å²) in [5, 5.41) is 5.90. The minimum absolute atomic E-state index is 0.0171. The second kappa shape index (κ2) is 9.01. The van der Waals surface area contributed by atoms with E-state index in [1.165, 1.54) is 6.20 Å². The van der Waals surface area contributed by atoms with Gasteiger partial charge in [-0.25, -0.2) is 15.0 Å². The van der Waals surface area contributed by atoms with E-state index in [0.717, 1.165) is 25.0 Å². The number of hydrogen-bond acceptors (Lipinski definition) is 8. The van der Waals surface area contributed by atoms with Gasteiger partial charge in [0.2, 0.25) is 5.91 Å². The number of pyridine rings is 2. The van der Waals surface area contributed by atoms with Crippen molar-refractivity contribution in [2.45, 2.75) is 25.6 Å². The first-order chi connectivity index (χ1) is 16.8. The zero-order valence-corrected chi connectivity index (χ0v) is 18.5. The molecule has 0 radical (unpaired) electrons. The summed E-state index contributed by atoms with van der Waals surface area (Å²) in [6.07, 6.45) is 1.93. The first-order valence-electron chi connectivity index (χ1n) is 11.1. The number of rotatable bonds is 5. The molecule has 0 unspecified atom stereocenters.